The minimum absolute atomic E-state index is 0.307. The highest BCUT2D eigenvalue weighted by Gasteiger charge is 2.15. The molecule has 1 aromatic carbocycles. The Morgan fingerprint density at radius 1 is 1.38 bits per heavy atom. The Morgan fingerprint density at radius 2 is 2.29 bits per heavy atom. The standard InChI is InChI=1S/C18H25N5O/c1-19-18(22-12-17-6-3-9-24-17)21-11-15-4-2-5-16(10-15)13-23-8-7-20-14-23/h2,4-5,7-8,10,14,17H,3,6,9,11-13H2,1H3,(H2,19,21,22). The van der Waals surface area contributed by atoms with Gasteiger partial charge in [-0.2, -0.15) is 0 Å². The highest BCUT2D eigenvalue weighted by molar-refractivity contribution is 5.79. The van der Waals surface area contributed by atoms with Gasteiger partial charge in [-0.3, -0.25) is 4.99 Å². The molecule has 128 valence electrons. The molecule has 1 aliphatic heterocycles. The number of hydrogen-bond acceptors (Lipinski definition) is 3. The predicted molar refractivity (Wildman–Crippen MR) is 94.9 cm³/mol. The van der Waals surface area contributed by atoms with Crippen LogP contribution in [0.1, 0.15) is 24.0 Å². The molecule has 0 amide bonds. The number of aliphatic imine (C=N–C) groups is 1. The third-order valence-corrected chi connectivity index (χ3v) is 4.12. The SMILES string of the molecule is CN=C(NCc1cccc(Cn2ccnc2)c1)NCC1CCCO1. The van der Waals surface area contributed by atoms with Gasteiger partial charge >= 0.3 is 0 Å². The molecule has 1 aromatic heterocycles. The average molecular weight is 327 g/mol. The predicted octanol–water partition coefficient (Wildman–Crippen LogP) is 1.78. The fraction of sp³-hybridized carbons (Fsp3) is 0.444. The maximum atomic E-state index is 5.62. The molecular weight excluding hydrogens is 302 g/mol. The van der Waals surface area contributed by atoms with Crippen LogP contribution in [0.2, 0.25) is 0 Å². The van der Waals surface area contributed by atoms with Crippen LogP contribution in [0.5, 0.6) is 0 Å². The first-order chi connectivity index (χ1) is 11.8. The number of imidazole rings is 1. The lowest BCUT2D eigenvalue weighted by molar-refractivity contribution is 0.114. The Morgan fingerprint density at radius 3 is 3.04 bits per heavy atom. The number of benzene rings is 1. The van der Waals surface area contributed by atoms with Gasteiger partial charge in [-0.15, -0.1) is 0 Å². The van der Waals surface area contributed by atoms with E-state index in [1.54, 1.807) is 13.2 Å². The summed E-state index contributed by atoms with van der Waals surface area (Å²) in [5.41, 5.74) is 2.49. The number of aromatic nitrogens is 2. The summed E-state index contributed by atoms with van der Waals surface area (Å²) in [5, 5.41) is 6.69. The van der Waals surface area contributed by atoms with Crippen molar-refractivity contribution in [3.05, 3.63) is 54.1 Å². The van der Waals surface area contributed by atoms with E-state index in [1.807, 2.05) is 12.5 Å². The molecule has 2 heterocycles. The second kappa shape index (κ2) is 8.49. The first-order valence-electron chi connectivity index (χ1n) is 8.43. The average Bonchev–Trinajstić information content (AvgIpc) is 3.29. The van der Waals surface area contributed by atoms with Gasteiger partial charge in [0.25, 0.3) is 0 Å². The summed E-state index contributed by atoms with van der Waals surface area (Å²) in [6, 6.07) is 8.55. The minimum Gasteiger partial charge on any atom is -0.376 e. The third-order valence-electron chi connectivity index (χ3n) is 4.12. The van der Waals surface area contributed by atoms with Crippen molar-refractivity contribution >= 4 is 5.96 Å². The lowest BCUT2D eigenvalue weighted by atomic mass is 10.1. The van der Waals surface area contributed by atoms with Gasteiger partial charge in [-0.25, -0.2) is 4.98 Å². The van der Waals surface area contributed by atoms with E-state index in [9.17, 15) is 0 Å². The van der Waals surface area contributed by atoms with E-state index in [0.29, 0.717) is 6.10 Å². The van der Waals surface area contributed by atoms with Gasteiger partial charge in [-0.1, -0.05) is 24.3 Å². The summed E-state index contributed by atoms with van der Waals surface area (Å²) < 4.78 is 7.69. The second-order valence-corrected chi connectivity index (χ2v) is 6.00. The van der Waals surface area contributed by atoms with Crippen molar-refractivity contribution < 1.29 is 4.74 Å². The van der Waals surface area contributed by atoms with Crippen LogP contribution in [-0.2, 0) is 17.8 Å². The molecule has 2 aromatic rings. The van der Waals surface area contributed by atoms with E-state index in [0.717, 1.165) is 45.0 Å². The van der Waals surface area contributed by atoms with Gasteiger partial charge in [0.1, 0.15) is 0 Å². The summed E-state index contributed by atoms with van der Waals surface area (Å²) in [5.74, 6) is 0.811. The molecule has 0 spiro atoms. The molecule has 24 heavy (non-hydrogen) atoms. The third kappa shape index (κ3) is 4.83. The molecule has 3 rings (SSSR count). The maximum absolute atomic E-state index is 5.62. The molecule has 1 atom stereocenters. The Hall–Kier alpha value is -2.34. The summed E-state index contributed by atoms with van der Waals surface area (Å²) in [4.78, 5) is 8.35. The number of guanidine groups is 1. The topological polar surface area (TPSA) is 63.5 Å². The number of rotatable bonds is 6. The van der Waals surface area contributed by atoms with Crippen LogP contribution in [0, 0.1) is 0 Å². The van der Waals surface area contributed by atoms with Crippen molar-refractivity contribution in [3.8, 4) is 0 Å². The first kappa shape index (κ1) is 16.5. The molecule has 0 bridgehead atoms. The van der Waals surface area contributed by atoms with Gasteiger partial charge in [0.2, 0.25) is 0 Å². The fourth-order valence-electron chi connectivity index (χ4n) is 2.85. The van der Waals surface area contributed by atoms with E-state index >= 15 is 0 Å². The van der Waals surface area contributed by atoms with Gasteiger partial charge in [0.05, 0.1) is 12.4 Å². The first-order valence-corrected chi connectivity index (χ1v) is 8.43. The van der Waals surface area contributed by atoms with Crippen molar-refractivity contribution in [2.75, 3.05) is 20.2 Å². The van der Waals surface area contributed by atoms with Crippen molar-refractivity contribution in [2.45, 2.75) is 32.0 Å². The Balaban J connectivity index is 1.49. The van der Waals surface area contributed by atoms with E-state index in [4.69, 9.17) is 4.74 Å². The molecule has 0 radical (unpaired) electrons. The molecule has 1 saturated heterocycles. The van der Waals surface area contributed by atoms with Crippen molar-refractivity contribution in [2.24, 2.45) is 4.99 Å². The zero-order valence-corrected chi connectivity index (χ0v) is 14.1. The van der Waals surface area contributed by atoms with Crippen molar-refractivity contribution in [3.63, 3.8) is 0 Å². The lowest BCUT2D eigenvalue weighted by Gasteiger charge is -2.15. The second-order valence-electron chi connectivity index (χ2n) is 6.00. The molecule has 0 saturated carbocycles. The summed E-state index contributed by atoms with van der Waals surface area (Å²) in [6.45, 7) is 3.26. The molecule has 6 heteroatoms. The number of nitrogens with one attached hydrogen (secondary N) is 2. The van der Waals surface area contributed by atoms with Gasteiger partial charge < -0.3 is 19.9 Å². The summed E-state index contributed by atoms with van der Waals surface area (Å²) in [7, 11) is 1.79. The van der Waals surface area contributed by atoms with Crippen molar-refractivity contribution in [1.82, 2.24) is 20.2 Å². The number of ether oxygens (including phenoxy) is 1. The zero-order chi connectivity index (χ0) is 16.6. The van der Waals surface area contributed by atoms with Gasteiger partial charge in [0.15, 0.2) is 5.96 Å². The quantitative estimate of drug-likeness (QED) is 0.627. The number of hydrogen-bond donors (Lipinski definition) is 2. The van der Waals surface area contributed by atoms with E-state index in [2.05, 4.69) is 49.4 Å². The van der Waals surface area contributed by atoms with Crippen LogP contribution in [0.4, 0.5) is 0 Å². The van der Waals surface area contributed by atoms with E-state index < -0.39 is 0 Å². The van der Waals surface area contributed by atoms with Gasteiger partial charge in [0, 0.05) is 45.7 Å². The highest BCUT2D eigenvalue weighted by atomic mass is 16.5. The molecular formula is C18H25N5O. The maximum Gasteiger partial charge on any atom is 0.191 e. The van der Waals surface area contributed by atoms with E-state index in [1.165, 1.54) is 11.1 Å². The summed E-state index contributed by atoms with van der Waals surface area (Å²) >= 11 is 0. The normalized spacial score (nSPS) is 17.9. The molecule has 6 nitrogen and oxygen atoms in total. The monoisotopic (exact) mass is 327 g/mol. The largest absolute Gasteiger partial charge is 0.376 e. The van der Waals surface area contributed by atoms with Gasteiger partial charge in [-0.05, 0) is 24.0 Å². The highest BCUT2D eigenvalue weighted by Crippen LogP contribution is 2.10. The molecule has 1 fully saturated rings. The van der Waals surface area contributed by atoms with Crippen LogP contribution in [-0.4, -0.2) is 41.8 Å². The Kier molecular flexibility index (Phi) is 5.85. The lowest BCUT2D eigenvalue weighted by Crippen LogP contribution is -2.40. The van der Waals surface area contributed by atoms with Crippen molar-refractivity contribution in [1.29, 1.82) is 0 Å². The Labute approximate surface area is 143 Å². The molecule has 1 aliphatic rings. The van der Waals surface area contributed by atoms with Crippen LogP contribution in [0.3, 0.4) is 0 Å². The van der Waals surface area contributed by atoms with Crippen LogP contribution in [0.25, 0.3) is 0 Å². The number of nitrogens with zero attached hydrogens (tertiary/aromatic N) is 3. The van der Waals surface area contributed by atoms with Crippen LogP contribution >= 0.6 is 0 Å². The molecule has 2 N–H and O–H groups in total. The fourth-order valence-corrected chi connectivity index (χ4v) is 2.85. The van der Waals surface area contributed by atoms with Crippen LogP contribution in [0.15, 0.2) is 48.0 Å². The van der Waals surface area contributed by atoms with E-state index in [-0.39, 0.29) is 0 Å². The minimum atomic E-state index is 0.307. The smallest absolute Gasteiger partial charge is 0.191 e. The Bertz CT molecular complexity index is 647. The summed E-state index contributed by atoms with van der Waals surface area (Å²) in [6.07, 6.45) is 8.20. The zero-order valence-electron chi connectivity index (χ0n) is 14.1. The molecule has 1 unspecified atom stereocenters. The molecule has 0 aliphatic carbocycles. The van der Waals surface area contributed by atoms with Crippen LogP contribution < -0.4 is 10.6 Å².